The van der Waals surface area contributed by atoms with Gasteiger partial charge in [0.1, 0.15) is 0 Å². The quantitative estimate of drug-likeness (QED) is 0.878. The van der Waals surface area contributed by atoms with Crippen LogP contribution in [0, 0.1) is 33.1 Å². The maximum atomic E-state index is 11.6. The number of hydrogen-bond acceptors (Lipinski definition) is 2. The van der Waals surface area contributed by atoms with Crippen molar-refractivity contribution in [2.45, 2.75) is 53.0 Å². The van der Waals surface area contributed by atoms with E-state index in [0.717, 1.165) is 23.1 Å². The number of carboxylic acid groups (broad SMARTS) is 1. The Kier molecular flexibility index (Phi) is 3.43. The Morgan fingerprint density at radius 3 is 2.00 bits per heavy atom. The monoisotopic (exact) mass is 261 g/mol. The molecule has 19 heavy (non-hydrogen) atoms. The number of carbonyl (C=O) groups is 1. The molecule has 0 saturated heterocycles. The molecule has 0 radical (unpaired) electrons. The van der Waals surface area contributed by atoms with E-state index < -0.39 is 17.4 Å². The van der Waals surface area contributed by atoms with Gasteiger partial charge in [-0.25, -0.2) is 0 Å². The highest BCUT2D eigenvalue weighted by atomic mass is 16.4. The second kappa shape index (κ2) is 4.64. The molecule has 0 heterocycles. The van der Waals surface area contributed by atoms with Gasteiger partial charge in [-0.3, -0.25) is 4.79 Å². The Hall–Kier alpha value is -1.35. The van der Waals surface area contributed by atoms with E-state index in [0.29, 0.717) is 12.8 Å². The lowest BCUT2D eigenvalue weighted by Gasteiger charge is -2.43. The first-order chi connectivity index (χ1) is 8.81. The Morgan fingerprint density at radius 1 is 1.21 bits per heavy atom. The largest absolute Gasteiger partial charge is 0.481 e. The van der Waals surface area contributed by atoms with Crippen molar-refractivity contribution in [1.82, 2.24) is 0 Å². The summed E-state index contributed by atoms with van der Waals surface area (Å²) in [4.78, 5) is 11.6. The van der Waals surface area contributed by atoms with Gasteiger partial charge in [-0.2, -0.15) is 0 Å². The minimum absolute atomic E-state index is 0.405. The minimum atomic E-state index is -0.754. The number of rotatable bonds is 3. The highest BCUT2D eigenvalue weighted by Gasteiger charge is 2.50. The molecule has 0 aliphatic heterocycles. The summed E-state index contributed by atoms with van der Waals surface area (Å²) in [6.07, 6.45) is 2.34. The minimum Gasteiger partial charge on any atom is -0.481 e. The lowest BCUT2D eigenvalue weighted by Crippen LogP contribution is -2.47. The van der Waals surface area contributed by atoms with Crippen LogP contribution < -0.4 is 5.73 Å². The van der Waals surface area contributed by atoms with E-state index in [1.54, 1.807) is 0 Å². The van der Waals surface area contributed by atoms with Crippen LogP contribution in [0.4, 0.5) is 0 Å². The summed E-state index contributed by atoms with van der Waals surface area (Å²) in [5.74, 6) is -0.746. The Balaban J connectivity index is 2.56. The molecule has 0 spiro atoms. The summed E-state index contributed by atoms with van der Waals surface area (Å²) >= 11 is 0. The van der Waals surface area contributed by atoms with Gasteiger partial charge in [0.05, 0.1) is 5.41 Å². The van der Waals surface area contributed by atoms with Crippen molar-refractivity contribution in [2.24, 2.45) is 11.1 Å². The molecular weight excluding hydrogens is 238 g/mol. The number of benzene rings is 1. The Bertz CT molecular complexity index is 504. The van der Waals surface area contributed by atoms with Gasteiger partial charge in [0.25, 0.3) is 0 Å². The van der Waals surface area contributed by atoms with Crippen LogP contribution in [-0.2, 0) is 4.79 Å². The number of nitrogens with two attached hydrogens (primary N) is 1. The van der Waals surface area contributed by atoms with Crippen molar-refractivity contribution in [1.29, 1.82) is 0 Å². The predicted octanol–water partition coefficient (Wildman–Crippen LogP) is 3.17. The molecule has 1 saturated carbocycles. The first-order valence-electron chi connectivity index (χ1n) is 6.87. The van der Waals surface area contributed by atoms with Crippen molar-refractivity contribution in [3.8, 4) is 0 Å². The molecule has 0 amide bonds. The molecule has 3 nitrogen and oxygen atoms in total. The summed E-state index contributed by atoms with van der Waals surface area (Å²) in [5, 5.41) is 9.56. The summed E-state index contributed by atoms with van der Waals surface area (Å²) < 4.78 is 0. The number of aryl methyl sites for hydroxylation is 2. The molecular formula is C16H23NO2. The van der Waals surface area contributed by atoms with Gasteiger partial charge < -0.3 is 10.8 Å². The standard InChI is InChI=1S/C16H23NO2/c1-9-8-10(2)12(4)13(11(9)3)14(17)16(15(18)19)6-5-7-16/h8,14H,5-7,17H2,1-4H3,(H,18,19). The fraction of sp³-hybridized carbons (Fsp3) is 0.562. The second-order valence-electron chi connectivity index (χ2n) is 5.97. The second-order valence-corrected chi connectivity index (χ2v) is 5.97. The first-order valence-corrected chi connectivity index (χ1v) is 6.87. The van der Waals surface area contributed by atoms with E-state index in [4.69, 9.17) is 5.73 Å². The van der Waals surface area contributed by atoms with E-state index in [-0.39, 0.29) is 0 Å². The van der Waals surface area contributed by atoms with Gasteiger partial charge in [-0.1, -0.05) is 12.5 Å². The lowest BCUT2D eigenvalue weighted by atomic mass is 9.61. The van der Waals surface area contributed by atoms with Crippen LogP contribution >= 0.6 is 0 Å². The average molecular weight is 261 g/mol. The summed E-state index contributed by atoms with van der Waals surface area (Å²) in [7, 11) is 0. The van der Waals surface area contributed by atoms with Crippen LogP contribution in [0.5, 0.6) is 0 Å². The fourth-order valence-corrected chi connectivity index (χ4v) is 3.21. The third-order valence-electron chi connectivity index (χ3n) is 5.00. The van der Waals surface area contributed by atoms with Gasteiger partial charge in [0, 0.05) is 6.04 Å². The van der Waals surface area contributed by atoms with E-state index in [1.165, 1.54) is 11.1 Å². The summed E-state index contributed by atoms with van der Waals surface area (Å²) in [5.41, 5.74) is 11.3. The molecule has 0 bridgehead atoms. The van der Waals surface area contributed by atoms with Crippen LogP contribution in [0.1, 0.15) is 53.1 Å². The van der Waals surface area contributed by atoms with Crippen LogP contribution in [0.15, 0.2) is 6.07 Å². The number of carboxylic acids is 1. The van der Waals surface area contributed by atoms with Crippen LogP contribution in [0.25, 0.3) is 0 Å². The Labute approximate surface area is 114 Å². The maximum absolute atomic E-state index is 11.6. The molecule has 3 heteroatoms. The zero-order chi connectivity index (χ0) is 14.4. The topological polar surface area (TPSA) is 63.3 Å². The van der Waals surface area contributed by atoms with Gasteiger partial charge >= 0.3 is 5.97 Å². The molecule has 1 fully saturated rings. The zero-order valence-corrected chi connectivity index (χ0v) is 12.2. The normalized spacial score (nSPS) is 18.8. The van der Waals surface area contributed by atoms with Crippen molar-refractivity contribution < 1.29 is 9.90 Å². The average Bonchev–Trinajstić information content (AvgIpc) is 2.24. The Morgan fingerprint density at radius 2 is 1.68 bits per heavy atom. The van der Waals surface area contributed by atoms with E-state index >= 15 is 0 Å². The van der Waals surface area contributed by atoms with Crippen molar-refractivity contribution in [2.75, 3.05) is 0 Å². The third-order valence-corrected chi connectivity index (χ3v) is 5.00. The molecule has 0 aromatic heterocycles. The fourth-order valence-electron chi connectivity index (χ4n) is 3.21. The van der Waals surface area contributed by atoms with E-state index in [2.05, 4.69) is 19.9 Å². The maximum Gasteiger partial charge on any atom is 0.311 e. The first kappa shape index (κ1) is 14.1. The van der Waals surface area contributed by atoms with Gasteiger partial charge in [0.2, 0.25) is 0 Å². The van der Waals surface area contributed by atoms with Crippen LogP contribution in [0.3, 0.4) is 0 Å². The SMILES string of the molecule is Cc1cc(C)c(C)c(C(N)C2(C(=O)O)CCC2)c1C. The highest BCUT2D eigenvalue weighted by Crippen LogP contribution is 2.50. The molecule has 1 aliphatic carbocycles. The molecule has 1 aromatic carbocycles. The molecule has 1 aromatic rings. The predicted molar refractivity (Wildman–Crippen MR) is 76.2 cm³/mol. The molecule has 1 aliphatic rings. The van der Waals surface area contributed by atoms with Crippen molar-refractivity contribution in [3.63, 3.8) is 0 Å². The summed E-state index contributed by atoms with van der Waals surface area (Å²) in [6.45, 7) is 8.22. The molecule has 2 rings (SSSR count). The van der Waals surface area contributed by atoms with Crippen LogP contribution in [0.2, 0.25) is 0 Å². The van der Waals surface area contributed by atoms with E-state index in [1.807, 2.05) is 13.8 Å². The summed E-state index contributed by atoms with van der Waals surface area (Å²) in [6, 6.07) is 1.74. The molecule has 3 N–H and O–H groups in total. The van der Waals surface area contributed by atoms with Gasteiger partial charge in [-0.05, 0) is 68.4 Å². The van der Waals surface area contributed by atoms with Gasteiger partial charge in [0.15, 0.2) is 0 Å². The smallest absolute Gasteiger partial charge is 0.311 e. The van der Waals surface area contributed by atoms with Crippen molar-refractivity contribution in [3.05, 3.63) is 33.9 Å². The molecule has 1 unspecified atom stereocenters. The zero-order valence-electron chi connectivity index (χ0n) is 12.2. The molecule has 104 valence electrons. The number of aliphatic carboxylic acids is 1. The molecule has 1 atom stereocenters. The van der Waals surface area contributed by atoms with Crippen LogP contribution in [-0.4, -0.2) is 11.1 Å². The van der Waals surface area contributed by atoms with Gasteiger partial charge in [-0.15, -0.1) is 0 Å². The number of hydrogen-bond donors (Lipinski definition) is 2. The highest BCUT2D eigenvalue weighted by molar-refractivity contribution is 5.77. The van der Waals surface area contributed by atoms with E-state index in [9.17, 15) is 9.90 Å². The lowest BCUT2D eigenvalue weighted by molar-refractivity contribution is -0.156. The van der Waals surface area contributed by atoms with Crippen molar-refractivity contribution >= 4 is 5.97 Å². The third kappa shape index (κ3) is 1.96.